The third-order valence-corrected chi connectivity index (χ3v) is 3.60. The average Bonchev–Trinajstić information content (AvgIpc) is 2.47. The molecular formula is C13H12ClN5O2. The van der Waals surface area contributed by atoms with Gasteiger partial charge in [0.1, 0.15) is 6.20 Å². The lowest BCUT2D eigenvalue weighted by Gasteiger charge is -2.35. The van der Waals surface area contributed by atoms with Crippen LogP contribution in [0, 0.1) is 10.1 Å². The predicted octanol–water partition coefficient (Wildman–Crippen LogP) is 2.63. The molecule has 0 N–H and O–H groups in total. The van der Waals surface area contributed by atoms with Crippen molar-refractivity contribution < 1.29 is 4.92 Å². The standard InChI is InChI=1S/C13H12ClN5O2/c1-17-6-7-18(10-5-3-2-4-9(10)17)12-11(19(20)21)8-15-13(14)16-12/h2-5,8H,6-7H2,1H3. The summed E-state index contributed by atoms with van der Waals surface area (Å²) in [6, 6.07) is 7.70. The van der Waals surface area contributed by atoms with E-state index in [0.717, 1.165) is 24.1 Å². The Morgan fingerprint density at radius 2 is 2.00 bits per heavy atom. The molecule has 7 nitrogen and oxygen atoms in total. The van der Waals surface area contributed by atoms with Crippen LogP contribution in [0.3, 0.4) is 0 Å². The fourth-order valence-corrected chi connectivity index (χ4v) is 2.53. The van der Waals surface area contributed by atoms with E-state index in [1.807, 2.05) is 31.3 Å². The lowest BCUT2D eigenvalue weighted by Crippen LogP contribution is -2.37. The van der Waals surface area contributed by atoms with E-state index in [-0.39, 0.29) is 16.8 Å². The second-order valence-electron chi connectivity index (χ2n) is 4.67. The van der Waals surface area contributed by atoms with Crippen molar-refractivity contribution in [1.29, 1.82) is 0 Å². The normalized spacial score (nSPS) is 14.0. The quantitative estimate of drug-likeness (QED) is 0.482. The molecule has 2 heterocycles. The zero-order valence-corrected chi connectivity index (χ0v) is 12.0. The summed E-state index contributed by atoms with van der Waals surface area (Å²) in [5.41, 5.74) is 1.70. The third kappa shape index (κ3) is 2.36. The molecule has 108 valence electrons. The van der Waals surface area contributed by atoms with Gasteiger partial charge in [-0.3, -0.25) is 10.1 Å². The number of nitrogens with zero attached hydrogens (tertiary/aromatic N) is 5. The maximum atomic E-state index is 11.2. The van der Waals surface area contributed by atoms with E-state index in [1.54, 1.807) is 4.90 Å². The minimum Gasteiger partial charge on any atom is -0.371 e. The van der Waals surface area contributed by atoms with Gasteiger partial charge in [-0.15, -0.1) is 0 Å². The SMILES string of the molecule is CN1CCN(c2nc(Cl)ncc2[N+](=O)[O-])c2ccccc21. The van der Waals surface area contributed by atoms with E-state index in [0.29, 0.717) is 6.54 Å². The summed E-state index contributed by atoms with van der Waals surface area (Å²) in [5.74, 6) is 0.223. The number of benzene rings is 1. The van der Waals surface area contributed by atoms with Crippen LogP contribution in [0.15, 0.2) is 30.5 Å². The highest BCUT2D eigenvalue weighted by Crippen LogP contribution is 2.39. The highest BCUT2D eigenvalue weighted by molar-refractivity contribution is 6.28. The summed E-state index contributed by atoms with van der Waals surface area (Å²) in [7, 11) is 1.98. The lowest BCUT2D eigenvalue weighted by molar-refractivity contribution is -0.384. The van der Waals surface area contributed by atoms with Gasteiger partial charge in [0.25, 0.3) is 0 Å². The first-order valence-electron chi connectivity index (χ1n) is 6.32. The Hall–Kier alpha value is -2.41. The van der Waals surface area contributed by atoms with Gasteiger partial charge < -0.3 is 9.80 Å². The Labute approximate surface area is 125 Å². The molecular weight excluding hydrogens is 294 g/mol. The van der Waals surface area contributed by atoms with E-state index in [2.05, 4.69) is 14.9 Å². The summed E-state index contributed by atoms with van der Waals surface area (Å²) in [6.07, 6.45) is 1.14. The zero-order valence-electron chi connectivity index (χ0n) is 11.2. The van der Waals surface area contributed by atoms with E-state index in [9.17, 15) is 10.1 Å². The molecule has 0 bridgehead atoms. The number of para-hydroxylation sites is 2. The monoisotopic (exact) mass is 305 g/mol. The van der Waals surface area contributed by atoms with Gasteiger partial charge >= 0.3 is 5.69 Å². The van der Waals surface area contributed by atoms with Crippen LogP contribution in [0.5, 0.6) is 0 Å². The molecule has 1 aliphatic heterocycles. The molecule has 0 atom stereocenters. The van der Waals surface area contributed by atoms with E-state index < -0.39 is 4.92 Å². The summed E-state index contributed by atoms with van der Waals surface area (Å²) in [4.78, 5) is 22.4. The Morgan fingerprint density at radius 3 is 2.71 bits per heavy atom. The molecule has 0 fully saturated rings. The molecule has 1 aliphatic rings. The number of fused-ring (bicyclic) bond motifs is 1. The number of hydrogen-bond donors (Lipinski definition) is 0. The Morgan fingerprint density at radius 1 is 1.29 bits per heavy atom. The first-order chi connectivity index (χ1) is 10.1. The number of likely N-dealkylation sites (N-methyl/N-ethyl adjacent to an activating group) is 1. The van der Waals surface area contributed by atoms with E-state index >= 15 is 0 Å². The first-order valence-corrected chi connectivity index (χ1v) is 6.70. The molecule has 0 saturated heterocycles. The van der Waals surface area contributed by atoms with Gasteiger partial charge in [-0.05, 0) is 23.7 Å². The molecule has 3 rings (SSSR count). The smallest absolute Gasteiger partial charge is 0.330 e. The van der Waals surface area contributed by atoms with Crippen LogP contribution in [-0.4, -0.2) is 35.0 Å². The van der Waals surface area contributed by atoms with Crippen molar-refractivity contribution in [1.82, 2.24) is 9.97 Å². The van der Waals surface area contributed by atoms with Crippen molar-refractivity contribution in [3.05, 3.63) is 45.9 Å². The number of rotatable bonds is 2. The van der Waals surface area contributed by atoms with Crippen LogP contribution in [0.2, 0.25) is 5.28 Å². The molecule has 0 spiro atoms. The van der Waals surface area contributed by atoms with E-state index in [1.165, 1.54) is 0 Å². The molecule has 0 aliphatic carbocycles. The molecule has 0 radical (unpaired) electrons. The van der Waals surface area contributed by atoms with Gasteiger partial charge in [0.2, 0.25) is 11.1 Å². The van der Waals surface area contributed by atoms with Crippen LogP contribution < -0.4 is 9.80 Å². The van der Waals surface area contributed by atoms with Gasteiger partial charge in [-0.2, -0.15) is 4.98 Å². The molecule has 2 aromatic rings. The maximum Gasteiger partial charge on any atom is 0.330 e. The third-order valence-electron chi connectivity index (χ3n) is 3.42. The number of nitro groups is 1. The van der Waals surface area contributed by atoms with Crippen molar-refractivity contribution in [2.45, 2.75) is 0 Å². The molecule has 0 saturated carbocycles. The fourth-order valence-electron chi connectivity index (χ4n) is 2.40. The molecule has 21 heavy (non-hydrogen) atoms. The molecule has 1 aromatic heterocycles. The average molecular weight is 306 g/mol. The summed E-state index contributed by atoms with van der Waals surface area (Å²) < 4.78 is 0. The van der Waals surface area contributed by atoms with Gasteiger partial charge in [0, 0.05) is 20.1 Å². The van der Waals surface area contributed by atoms with Crippen molar-refractivity contribution >= 4 is 34.5 Å². The first kappa shape index (κ1) is 13.6. The maximum absolute atomic E-state index is 11.2. The Bertz CT molecular complexity index is 709. The molecule has 0 unspecified atom stereocenters. The second-order valence-corrected chi connectivity index (χ2v) is 5.00. The van der Waals surface area contributed by atoms with Gasteiger partial charge in [-0.25, -0.2) is 4.98 Å². The van der Waals surface area contributed by atoms with Gasteiger partial charge in [0.15, 0.2) is 0 Å². The molecule has 1 aromatic carbocycles. The van der Waals surface area contributed by atoms with Crippen LogP contribution in [0.25, 0.3) is 0 Å². The minimum absolute atomic E-state index is 0.00740. The van der Waals surface area contributed by atoms with Gasteiger partial charge in [-0.1, -0.05) is 12.1 Å². The Kier molecular flexibility index (Phi) is 3.34. The highest BCUT2D eigenvalue weighted by atomic mass is 35.5. The zero-order chi connectivity index (χ0) is 15.0. The summed E-state index contributed by atoms with van der Waals surface area (Å²) in [5, 5.41) is 11.2. The van der Waals surface area contributed by atoms with Crippen molar-refractivity contribution in [2.24, 2.45) is 0 Å². The highest BCUT2D eigenvalue weighted by Gasteiger charge is 2.28. The second kappa shape index (κ2) is 5.17. The molecule has 8 heteroatoms. The van der Waals surface area contributed by atoms with E-state index in [4.69, 9.17) is 11.6 Å². The lowest BCUT2D eigenvalue weighted by atomic mass is 10.1. The van der Waals surface area contributed by atoms with Gasteiger partial charge in [0.05, 0.1) is 16.3 Å². The fraction of sp³-hybridized carbons (Fsp3) is 0.231. The van der Waals surface area contributed by atoms with Crippen molar-refractivity contribution in [3.8, 4) is 0 Å². The largest absolute Gasteiger partial charge is 0.371 e. The minimum atomic E-state index is -0.493. The number of aromatic nitrogens is 2. The predicted molar refractivity (Wildman–Crippen MR) is 80.4 cm³/mol. The number of halogens is 1. The van der Waals surface area contributed by atoms with Crippen LogP contribution in [0.4, 0.5) is 22.9 Å². The Balaban J connectivity index is 2.16. The van der Waals surface area contributed by atoms with Crippen LogP contribution in [-0.2, 0) is 0 Å². The molecule has 0 amide bonds. The number of hydrogen-bond acceptors (Lipinski definition) is 6. The topological polar surface area (TPSA) is 75.4 Å². The van der Waals surface area contributed by atoms with Crippen LogP contribution in [0.1, 0.15) is 0 Å². The van der Waals surface area contributed by atoms with Crippen LogP contribution >= 0.6 is 11.6 Å². The summed E-state index contributed by atoms with van der Waals surface area (Å²) >= 11 is 5.81. The number of anilines is 3. The van der Waals surface area contributed by atoms with Crippen molar-refractivity contribution in [3.63, 3.8) is 0 Å². The summed E-state index contributed by atoms with van der Waals surface area (Å²) in [6.45, 7) is 1.32. The van der Waals surface area contributed by atoms with Crippen molar-refractivity contribution in [2.75, 3.05) is 29.9 Å².